The quantitative estimate of drug-likeness (QED) is 0.875. The Hall–Kier alpha value is -1.58. The van der Waals surface area contributed by atoms with Crippen LogP contribution in [-0.2, 0) is 0 Å². The average molecular weight is 263 g/mol. The van der Waals surface area contributed by atoms with Crippen molar-refractivity contribution in [3.05, 3.63) is 29.6 Å². The van der Waals surface area contributed by atoms with Crippen molar-refractivity contribution in [2.24, 2.45) is 17.8 Å². The third-order valence-corrected chi connectivity index (χ3v) is 4.65. The van der Waals surface area contributed by atoms with Gasteiger partial charge in [0.1, 0.15) is 5.82 Å². The van der Waals surface area contributed by atoms with Gasteiger partial charge in [0, 0.05) is 12.2 Å². The minimum absolute atomic E-state index is 0.0168. The molecule has 0 spiro atoms. The van der Waals surface area contributed by atoms with Gasteiger partial charge in [-0.15, -0.1) is 0 Å². The van der Waals surface area contributed by atoms with Gasteiger partial charge in [0.2, 0.25) is 0 Å². The molecule has 2 fully saturated rings. The first-order valence-electron chi connectivity index (χ1n) is 6.90. The maximum atomic E-state index is 13.1. The summed E-state index contributed by atoms with van der Waals surface area (Å²) in [7, 11) is 0. The van der Waals surface area contributed by atoms with Crippen molar-refractivity contribution in [2.75, 3.05) is 11.9 Å². The number of carboxylic acid groups (broad SMARTS) is 1. The van der Waals surface area contributed by atoms with E-state index in [0.29, 0.717) is 11.6 Å². The molecule has 2 aliphatic carbocycles. The maximum absolute atomic E-state index is 13.1. The van der Waals surface area contributed by atoms with E-state index in [4.69, 9.17) is 5.11 Å². The summed E-state index contributed by atoms with van der Waals surface area (Å²) in [5.74, 6) is 0.721. The van der Waals surface area contributed by atoms with Crippen LogP contribution in [0.4, 0.5) is 10.1 Å². The van der Waals surface area contributed by atoms with Crippen molar-refractivity contribution in [3.8, 4) is 0 Å². The Morgan fingerprint density at radius 2 is 2.21 bits per heavy atom. The van der Waals surface area contributed by atoms with Gasteiger partial charge in [-0.3, -0.25) is 0 Å². The van der Waals surface area contributed by atoms with Crippen molar-refractivity contribution in [2.45, 2.75) is 25.7 Å². The smallest absolute Gasteiger partial charge is 0.337 e. The first-order valence-corrected chi connectivity index (χ1v) is 6.90. The zero-order chi connectivity index (χ0) is 13.4. The molecule has 3 rings (SSSR count). The van der Waals surface area contributed by atoms with E-state index >= 15 is 0 Å². The van der Waals surface area contributed by atoms with Gasteiger partial charge in [-0.05, 0) is 55.2 Å². The molecule has 3 nitrogen and oxygen atoms in total. The summed E-state index contributed by atoms with van der Waals surface area (Å²) in [6, 6.07) is 3.90. The third-order valence-electron chi connectivity index (χ3n) is 4.65. The monoisotopic (exact) mass is 263 g/mol. The lowest BCUT2D eigenvalue weighted by Crippen LogP contribution is -2.21. The Balaban J connectivity index is 1.68. The summed E-state index contributed by atoms with van der Waals surface area (Å²) in [5.41, 5.74) is 0.542. The number of rotatable bonds is 4. The van der Waals surface area contributed by atoms with Crippen LogP contribution in [0.2, 0.25) is 0 Å². The molecule has 3 unspecified atom stereocenters. The van der Waals surface area contributed by atoms with E-state index in [1.165, 1.54) is 37.8 Å². The molecule has 3 atom stereocenters. The Morgan fingerprint density at radius 1 is 1.37 bits per heavy atom. The summed E-state index contributed by atoms with van der Waals surface area (Å²) >= 11 is 0. The number of aromatic carboxylic acids is 1. The zero-order valence-corrected chi connectivity index (χ0v) is 10.7. The largest absolute Gasteiger partial charge is 0.478 e. The van der Waals surface area contributed by atoms with E-state index in [-0.39, 0.29) is 5.56 Å². The van der Waals surface area contributed by atoms with E-state index in [9.17, 15) is 9.18 Å². The molecule has 1 aromatic carbocycles. The zero-order valence-electron chi connectivity index (χ0n) is 10.7. The van der Waals surface area contributed by atoms with E-state index in [1.807, 2.05) is 0 Å². The van der Waals surface area contributed by atoms with Crippen LogP contribution in [-0.4, -0.2) is 17.6 Å². The number of halogens is 1. The van der Waals surface area contributed by atoms with Crippen LogP contribution in [0.25, 0.3) is 0 Å². The lowest BCUT2D eigenvalue weighted by molar-refractivity contribution is 0.0697. The molecule has 0 heterocycles. The van der Waals surface area contributed by atoms with Crippen LogP contribution < -0.4 is 5.32 Å². The molecule has 0 radical (unpaired) electrons. The molecule has 2 saturated carbocycles. The number of benzene rings is 1. The lowest BCUT2D eigenvalue weighted by Gasteiger charge is -2.22. The summed E-state index contributed by atoms with van der Waals surface area (Å²) in [6.07, 6.45) is 5.26. The van der Waals surface area contributed by atoms with Crippen LogP contribution in [0.3, 0.4) is 0 Å². The van der Waals surface area contributed by atoms with Gasteiger partial charge in [-0.2, -0.15) is 0 Å². The Bertz CT molecular complexity index is 503. The van der Waals surface area contributed by atoms with Gasteiger partial charge >= 0.3 is 5.97 Å². The first kappa shape index (κ1) is 12.5. The van der Waals surface area contributed by atoms with Gasteiger partial charge in [0.25, 0.3) is 0 Å². The Kier molecular flexibility index (Phi) is 3.17. The standard InChI is InChI=1S/C15H18FNO2/c16-12-3-4-14(13(7-12)15(18)19)17-8-11-6-9-1-2-10(11)5-9/h3-4,7,9-11,17H,1-2,5-6,8H2,(H,18,19). The van der Waals surface area contributed by atoms with Crippen LogP contribution in [0.1, 0.15) is 36.0 Å². The van der Waals surface area contributed by atoms with Crippen LogP contribution in [0, 0.1) is 23.6 Å². The molecular formula is C15H18FNO2. The highest BCUT2D eigenvalue weighted by Crippen LogP contribution is 2.48. The minimum atomic E-state index is -1.09. The molecule has 1 aromatic rings. The van der Waals surface area contributed by atoms with Gasteiger partial charge in [-0.25, -0.2) is 9.18 Å². The minimum Gasteiger partial charge on any atom is -0.478 e. The number of carboxylic acids is 1. The number of hydrogen-bond donors (Lipinski definition) is 2. The molecule has 0 amide bonds. The fourth-order valence-corrected chi connectivity index (χ4v) is 3.72. The van der Waals surface area contributed by atoms with Crippen LogP contribution >= 0.6 is 0 Å². The number of fused-ring (bicyclic) bond motifs is 2. The van der Waals surface area contributed by atoms with Crippen molar-refractivity contribution in [1.82, 2.24) is 0 Å². The van der Waals surface area contributed by atoms with Crippen molar-refractivity contribution in [3.63, 3.8) is 0 Å². The van der Waals surface area contributed by atoms with Crippen molar-refractivity contribution < 1.29 is 14.3 Å². The predicted molar refractivity (Wildman–Crippen MR) is 70.8 cm³/mol. The molecule has 4 heteroatoms. The van der Waals surface area contributed by atoms with Crippen molar-refractivity contribution >= 4 is 11.7 Å². The highest BCUT2D eigenvalue weighted by atomic mass is 19.1. The van der Waals surface area contributed by atoms with E-state index in [0.717, 1.165) is 24.4 Å². The Labute approximate surface area is 111 Å². The predicted octanol–water partition coefficient (Wildman–Crippen LogP) is 3.37. The van der Waals surface area contributed by atoms with E-state index < -0.39 is 11.8 Å². The normalized spacial score (nSPS) is 28.6. The van der Waals surface area contributed by atoms with E-state index in [1.54, 1.807) is 0 Å². The molecule has 2 N–H and O–H groups in total. The van der Waals surface area contributed by atoms with Crippen molar-refractivity contribution in [1.29, 1.82) is 0 Å². The summed E-state index contributed by atoms with van der Waals surface area (Å²) in [5, 5.41) is 12.3. The summed E-state index contributed by atoms with van der Waals surface area (Å²) in [6.45, 7) is 0.799. The number of anilines is 1. The molecule has 2 bridgehead atoms. The SMILES string of the molecule is O=C(O)c1cc(F)ccc1NCC1CC2CCC1C2. The van der Waals surface area contributed by atoms with Gasteiger partial charge in [0.15, 0.2) is 0 Å². The summed E-state index contributed by atoms with van der Waals surface area (Å²) in [4.78, 5) is 11.1. The average Bonchev–Trinajstić information content (AvgIpc) is 2.99. The lowest BCUT2D eigenvalue weighted by atomic mass is 9.89. The maximum Gasteiger partial charge on any atom is 0.337 e. The molecule has 0 aliphatic heterocycles. The highest BCUT2D eigenvalue weighted by molar-refractivity contribution is 5.94. The summed E-state index contributed by atoms with van der Waals surface area (Å²) < 4.78 is 13.1. The second kappa shape index (κ2) is 4.83. The highest BCUT2D eigenvalue weighted by Gasteiger charge is 2.39. The Morgan fingerprint density at radius 3 is 2.84 bits per heavy atom. The van der Waals surface area contributed by atoms with Gasteiger partial charge in [0.05, 0.1) is 5.56 Å². The van der Waals surface area contributed by atoms with Gasteiger partial charge in [-0.1, -0.05) is 6.42 Å². The number of hydrogen-bond acceptors (Lipinski definition) is 2. The molecule has 0 aromatic heterocycles. The molecule has 0 saturated heterocycles. The molecule has 102 valence electrons. The second-order valence-corrected chi connectivity index (χ2v) is 5.81. The topological polar surface area (TPSA) is 49.3 Å². The third kappa shape index (κ3) is 2.44. The molecule has 19 heavy (non-hydrogen) atoms. The molecular weight excluding hydrogens is 245 g/mol. The fourth-order valence-electron chi connectivity index (χ4n) is 3.72. The first-order chi connectivity index (χ1) is 9.13. The number of carbonyl (C=O) groups is 1. The van der Waals surface area contributed by atoms with Crippen LogP contribution in [0.15, 0.2) is 18.2 Å². The molecule has 2 aliphatic rings. The van der Waals surface area contributed by atoms with Gasteiger partial charge < -0.3 is 10.4 Å². The fraction of sp³-hybridized carbons (Fsp3) is 0.533. The van der Waals surface area contributed by atoms with E-state index in [2.05, 4.69) is 5.32 Å². The number of nitrogens with one attached hydrogen (secondary N) is 1. The van der Waals surface area contributed by atoms with Crippen LogP contribution in [0.5, 0.6) is 0 Å². The second-order valence-electron chi connectivity index (χ2n) is 5.81.